The molecule has 0 fully saturated rings. The first-order valence-corrected chi connectivity index (χ1v) is 4.88. The van der Waals surface area contributed by atoms with Crippen LogP contribution in [0.3, 0.4) is 0 Å². The van der Waals surface area contributed by atoms with E-state index in [9.17, 15) is 4.79 Å². The highest BCUT2D eigenvalue weighted by Crippen LogP contribution is 2.29. The van der Waals surface area contributed by atoms with Crippen LogP contribution in [0.5, 0.6) is 0 Å². The van der Waals surface area contributed by atoms with Crippen LogP contribution in [0.25, 0.3) is 0 Å². The number of ether oxygens (including phenoxy) is 1. The first-order valence-electron chi connectivity index (χ1n) is 4.88. The monoisotopic (exact) mass is 206 g/mol. The number of carbonyl (C=O) groups excluding carboxylic acids is 1. The zero-order chi connectivity index (χ0) is 10.8. The van der Waals surface area contributed by atoms with Gasteiger partial charge in [-0.2, -0.15) is 0 Å². The predicted molar refractivity (Wildman–Crippen MR) is 59.1 cm³/mol. The molecule has 0 saturated carbocycles. The Kier molecular flexibility index (Phi) is 2.60. The van der Waals surface area contributed by atoms with Gasteiger partial charge in [0.15, 0.2) is 0 Å². The van der Waals surface area contributed by atoms with E-state index in [0.717, 1.165) is 16.9 Å². The molecule has 0 saturated heterocycles. The molecule has 1 heterocycles. The van der Waals surface area contributed by atoms with Crippen LogP contribution in [0, 0.1) is 6.92 Å². The molecule has 0 bridgehead atoms. The number of rotatable bonds is 2. The van der Waals surface area contributed by atoms with Crippen LogP contribution in [0.1, 0.15) is 5.56 Å². The molecule has 80 valence electrons. The molecular formula is C11H14N2O2. The van der Waals surface area contributed by atoms with Gasteiger partial charge in [0.1, 0.15) is 6.04 Å². The molecule has 1 aliphatic heterocycles. The molecule has 4 nitrogen and oxygen atoms in total. The highest BCUT2D eigenvalue weighted by atomic mass is 16.5. The van der Waals surface area contributed by atoms with Gasteiger partial charge in [-0.15, -0.1) is 0 Å². The van der Waals surface area contributed by atoms with E-state index < -0.39 is 0 Å². The zero-order valence-electron chi connectivity index (χ0n) is 8.83. The van der Waals surface area contributed by atoms with E-state index in [2.05, 4.69) is 10.6 Å². The van der Waals surface area contributed by atoms with Gasteiger partial charge < -0.3 is 15.4 Å². The average Bonchev–Trinajstić information content (AvgIpc) is 2.21. The standard InChI is InChI=1S/C11H14N2O2/c1-7-4-3-5-8-10(7)12-9(6-15-2)11(14)13-8/h3-5,9,12H,6H2,1-2H3,(H,13,14). The fourth-order valence-corrected chi connectivity index (χ4v) is 1.71. The molecule has 1 aromatic carbocycles. The first kappa shape index (κ1) is 9.98. The topological polar surface area (TPSA) is 50.4 Å². The van der Waals surface area contributed by atoms with Crippen molar-refractivity contribution < 1.29 is 9.53 Å². The average molecular weight is 206 g/mol. The lowest BCUT2D eigenvalue weighted by Gasteiger charge is -2.27. The molecule has 0 aromatic heterocycles. The van der Waals surface area contributed by atoms with Crippen LogP contribution < -0.4 is 10.6 Å². The van der Waals surface area contributed by atoms with E-state index in [1.165, 1.54) is 0 Å². The Morgan fingerprint density at radius 1 is 1.47 bits per heavy atom. The van der Waals surface area contributed by atoms with E-state index in [1.54, 1.807) is 7.11 Å². The lowest BCUT2D eigenvalue weighted by Crippen LogP contribution is -2.42. The molecule has 1 atom stereocenters. The summed E-state index contributed by atoms with van der Waals surface area (Å²) in [4.78, 5) is 11.6. The van der Waals surface area contributed by atoms with Crippen molar-refractivity contribution in [3.05, 3.63) is 23.8 Å². The quantitative estimate of drug-likeness (QED) is 0.768. The lowest BCUT2D eigenvalue weighted by molar-refractivity contribution is -0.118. The third kappa shape index (κ3) is 1.80. The third-order valence-electron chi connectivity index (χ3n) is 2.50. The van der Waals surface area contributed by atoms with E-state index in [1.807, 2.05) is 25.1 Å². The Morgan fingerprint density at radius 2 is 2.27 bits per heavy atom. The molecule has 0 aliphatic carbocycles. The first-order chi connectivity index (χ1) is 7.22. The van der Waals surface area contributed by atoms with Gasteiger partial charge in [-0.05, 0) is 18.6 Å². The van der Waals surface area contributed by atoms with Crippen LogP contribution in [-0.2, 0) is 9.53 Å². The van der Waals surface area contributed by atoms with Crippen LogP contribution in [0.4, 0.5) is 11.4 Å². The Hall–Kier alpha value is -1.55. The molecule has 2 N–H and O–H groups in total. The SMILES string of the molecule is COCC1Nc2c(C)cccc2NC1=O. The maximum Gasteiger partial charge on any atom is 0.249 e. The number of methoxy groups -OCH3 is 1. The molecule has 0 spiro atoms. The smallest absolute Gasteiger partial charge is 0.249 e. The summed E-state index contributed by atoms with van der Waals surface area (Å²) in [6, 6.07) is 5.51. The fraction of sp³-hybridized carbons (Fsp3) is 0.364. The normalized spacial score (nSPS) is 19.1. The maximum absolute atomic E-state index is 11.6. The molecule has 4 heteroatoms. The van der Waals surface area contributed by atoms with Gasteiger partial charge in [-0.25, -0.2) is 0 Å². The van der Waals surface area contributed by atoms with Crippen molar-refractivity contribution in [2.75, 3.05) is 24.4 Å². The van der Waals surface area contributed by atoms with Crippen LogP contribution in [0.15, 0.2) is 18.2 Å². The predicted octanol–water partition coefficient (Wildman–Crippen LogP) is 1.37. The summed E-state index contributed by atoms with van der Waals surface area (Å²) in [5.74, 6) is -0.0463. The Bertz CT molecular complexity index is 390. The van der Waals surface area contributed by atoms with Crippen molar-refractivity contribution in [3.63, 3.8) is 0 Å². The van der Waals surface area contributed by atoms with Crippen molar-refractivity contribution in [2.45, 2.75) is 13.0 Å². The molecule has 1 aliphatic rings. The van der Waals surface area contributed by atoms with Gasteiger partial charge in [-0.1, -0.05) is 12.1 Å². The van der Waals surface area contributed by atoms with Crippen LogP contribution in [-0.4, -0.2) is 25.7 Å². The minimum Gasteiger partial charge on any atom is -0.382 e. The van der Waals surface area contributed by atoms with E-state index in [4.69, 9.17) is 4.74 Å². The number of carbonyl (C=O) groups is 1. The minimum absolute atomic E-state index is 0.0463. The zero-order valence-corrected chi connectivity index (χ0v) is 8.83. The fourth-order valence-electron chi connectivity index (χ4n) is 1.71. The third-order valence-corrected chi connectivity index (χ3v) is 2.50. The maximum atomic E-state index is 11.6. The van der Waals surface area contributed by atoms with Crippen molar-refractivity contribution in [1.29, 1.82) is 0 Å². The second-order valence-electron chi connectivity index (χ2n) is 3.64. The van der Waals surface area contributed by atoms with Crippen molar-refractivity contribution in [1.82, 2.24) is 0 Å². The van der Waals surface area contributed by atoms with Gasteiger partial charge in [0.25, 0.3) is 0 Å². The number of amides is 1. The highest BCUT2D eigenvalue weighted by molar-refractivity contribution is 6.03. The van der Waals surface area contributed by atoms with Gasteiger partial charge in [0.05, 0.1) is 18.0 Å². The summed E-state index contributed by atoms with van der Waals surface area (Å²) in [6.45, 7) is 2.38. The highest BCUT2D eigenvalue weighted by Gasteiger charge is 2.25. The van der Waals surface area contributed by atoms with Crippen LogP contribution in [0.2, 0.25) is 0 Å². The van der Waals surface area contributed by atoms with E-state index in [0.29, 0.717) is 6.61 Å². The number of benzene rings is 1. The summed E-state index contributed by atoms with van der Waals surface area (Å²) in [6.07, 6.45) is 0. The van der Waals surface area contributed by atoms with Gasteiger partial charge in [0.2, 0.25) is 5.91 Å². The van der Waals surface area contributed by atoms with Crippen molar-refractivity contribution in [3.8, 4) is 0 Å². The number of fused-ring (bicyclic) bond motifs is 1. The molecule has 1 amide bonds. The summed E-state index contributed by atoms with van der Waals surface area (Å²) in [5, 5.41) is 6.03. The van der Waals surface area contributed by atoms with Crippen LogP contribution >= 0.6 is 0 Å². The second-order valence-corrected chi connectivity index (χ2v) is 3.64. The Morgan fingerprint density at radius 3 is 3.00 bits per heavy atom. The number of para-hydroxylation sites is 1. The van der Waals surface area contributed by atoms with E-state index in [-0.39, 0.29) is 11.9 Å². The van der Waals surface area contributed by atoms with Gasteiger partial charge >= 0.3 is 0 Å². The number of hydrogen-bond acceptors (Lipinski definition) is 3. The number of anilines is 2. The largest absolute Gasteiger partial charge is 0.382 e. The van der Waals surface area contributed by atoms with Crippen molar-refractivity contribution in [2.24, 2.45) is 0 Å². The molecule has 0 radical (unpaired) electrons. The number of hydrogen-bond donors (Lipinski definition) is 2. The van der Waals surface area contributed by atoms with Gasteiger partial charge in [0, 0.05) is 7.11 Å². The minimum atomic E-state index is -0.302. The number of aryl methyl sites for hydroxylation is 1. The summed E-state index contributed by atoms with van der Waals surface area (Å²) >= 11 is 0. The molecule has 15 heavy (non-hydrogen) atoms. The van der Waals surface area contributed by atoms with E-state index >= 15 is 0 Å². The molecule has 1 aromatic rings. The number of nitrogens with one attached hydrogen (secondary N) is 2. The summed E-state index contributed by atoms with van der Waals surface area (Å²) in [5.41, 5.74) is 2.94. The Labute approximate surface area is 88.6 Å². The molecule has 2 rings (SSSR count). The summed E-state index contributed by atoms with van der Waals surface area (Å²) in [7, 11) is 1.59. The van der Waals surface area contributed by atoms with Crippen molar-refractivity contribution >= 4 is 17.3 Å². The summed E-state index contributed by atoms with van der Waals surface area (Å²) < 4.78 is 4.98. The Balaban J connectivity index is 2.30. The molecular weight excluding hydrogens is 192 g/mol. The molecule has 1 unspecified atom stereocenters. The second kappa shape index (κ2) is 3.90. The van der Waals surface area contributed by atoms with Gasteiger partial charge in [-0.3, -0.25) is 4.79 Å². The lowest BCUT2D eigenvalue weighted by atomic mass is 10.1.